The Labute approximate surface area is 116 Å². The maximum absolute atomic E-state index is 10.4. The topological polar surface area (TPSA) is 20.2 Å². The molecule has 1 aliphatic carbocycles. The molecule has 0 aliphatic heterocycles. The lowest BCUT2D eigenvalue weighted by Gasteiger charge is -2.16. The first-order valence-corrected chi connectivity index (χ1v) is 7.17. The number of aliphatic hydroxyl groups excluding tert-OH is 1. The van der Waals surface area contributed by atoms with Crippen molar-refractivity contribution in [2.24, 2.45) is 0 Å². The summed E-state index contributed by atoms with van der Waals surface area (Å²) in [6.45, 7) is 0. The first kappa shape index (κ1) is 13.1. The van der Waals surface area contributed by atoms with Gasteiger partial charge in [-0.1, -0.05) is 40.0 Å². The standard InChI is InChI=1S/C14H16BrClO/c15-13-8-7-11(16)9-12(13)14(17)10-5-3-1-2-4-6-10/h5,7-9,14,17H,1-4,6H2. The number of aliphatic hydroxyl groups is 1. The van der Waals surface area contributed by atoms with Crippen LogP contribution < -0.4 is 0 Å². The van der Waals surface area contributed by atoms with Gasteiger partial charge in [0.05, 0.1) is 0 Å². The molecule has 0 spiro atoms. The zero-order valence-electron chi connectivity index (χ0n) is 9.63. The van der Waals surface area contributed by atoms with E-state index in [2.05, 4.69) is 22.0 Å². The summed E-state index contributed by atoms with van der Waals surface area (Å²) in [5.74, 6) is 0. The fourth-order valence-electron chi connectivity index (χ4n) is 2.21. The van der Waals surface area contributed by atoms with E-state index in [1.54, 1.807) is 0 Å². The van der Waals surface area contributed by atoms with Gasteiger partial charge in [0.1, 0.15) is 6.10 Å². The van der Waals surface area contributed by atoms with E-state index in [0.29, 0.717) is 5.02 Å². The molecule has 1 aliphatic rings. The molecule has 2 rings (SSSR count). The van der Waals surface area contributed by atoms with E-state index in [1.165, 1.54) is 19.3 Å². The van der Waals surface area contributed by atoms with Crippen LogP contribution in [-0.2, 0) is 0 Å². The lowest BCUT2D eigenvalue weighted by Crippen LogP contribution is -2.02. The molecule has 0 amide bonds. The molecule has 1 aromatic carbocycles. The number of hydrogen-bond acceptors (Lipinski definition) is 1. The highest BCUT2D eigenvalue weighted by Gasteiger charge is 2.17. The Morgan fingerprint density at radius 2 is 2.06 bits per heavy atom. The molecular weight excluding hydrogens is 300 g/mol. The van der Waals surface area contributed by atoms with Gasteiger partial charge in [-0.3, -0.25) is 0 Å². The second kappa shape index (κ2) is 6.03. The van der Waals surface area contributed by atoms with Crippen molar-refractivity contribution >= 4 is 27.5 Å². The van der Waals surface area contributed by atoms with Crippen molar-refractivity contribution in [1.82, 2.24) is 0 Å². The van der Waals surface area contributed by atoms with Gasteiger partial charge in [-0.2, -0.15) is 0 Å². The van der Waals surface area contributed by atoms with E-state index in [4.69, 9.17) is 11.6 Å². The maximum atomic E-state index is 10.4. The number of rotatable bonds is 2. The fraction of sp³-hybridized carbons (Fsp3) is 0.429. The van der Waals surface area contributed by atoms with Gasteiger partial charge in [-0.25, -0.2) is 0 Å². The Morgan fingerprint density at radius 3 is 2.88 bits per heavy atom. The van der Waals surface area contributed by atoms with Gasteiger partial charge in [0.2, 0.25) is 0 Å². The fourth-order valence-corrected chi connectivity index (χ4v) is 2.86. The average Bonchev–Trinajstić information content (AvgIpc) is 2.60. The Bertz CT molecular complexity index is 428. The van der Waals surface area contributed by atoms with Gasteiger partial charge in [0.25, 0.3) is 0 Å². The minimum Gasteiger partial charge on any atom is -0.384 e. The molecule has 0 bridgehead atoms. The van der Waals surface area contributed by atoms with Crippen molar-refractivity contribution in [2.45, 2.75) is 38.2 Å². The lowest BCUT2D eigenvalue weighted by atomic mass is 9.98. The summed E-state index contributed by atoms with van der Waals surface area (Å²) in [4.78, 5) is 0. The molecule has 17 heavy (non-hydrogen) atoms. The van der Waals surface area contributed by atoms with Gasteiger partial charge in [-0.15, -0.1) is 0 Å². The van der Waals surface area contributed by atoms with E-state index in [1.807, 2.05) is 18.2 Å². The van der Waals surface area contributed by atoms with Gasteiger partial charge >= 0.3 is 0 Å². The van der Waals surface area contributed by atoms with Crippen LogP contribution in [0.4, 0.5) is 0 Å². The van der Waals surface area contributed by atoms with E-state index in [-0.39, 0.29) is 0 Å². The highest BCUT2D eigenvalue weighted by Crippen LogP contribution is 2.34. The molecule has 0 saturated heterocycles. The normalized spacial score (nSPS) is 18.4. The molecule has 0 radical (unpaired) electrons. The largest absolute Gasteiger partial charge is 0.384 e. The smallest absolute Gasteiger partial charge is 0.101 e. The van der Waals surface area contributed by atoms with Crippen molar-refractivity contribution < 1.29 is 5.11 Å². The third kappa shape index (κ3) is 3.34. The van der Waals surface area contributed by atoms with Crippen molar-refractivity contribution in [2.75, 3.05) is 0 Å². The van der Waals surface area contributed by atoms with E-state index >= 15 is 0 Å². The Kier molecular flexibility index (Phi) is 4.66. The van der Waals surface area contributed by atoms with E-state index < -0.39 is 6.10 Å². The average molecular weight is 316 g/mol. The highest BCUT2D eigenvalue weighted by molar-refractivity contribution is 9.10. The number of halogens is 2. The molecule has 3 heteroatoms. The monoisotopic (exact) mass is 314 g/mol. The molecule has 92 valence electrons. The van der Waals surface area contributed by atoms with Crippen LogP contribution in [-0.4, -0.2) is 5.11 Å². The van der Waals surface area contributed by atoms with Crippen LogP contribution in [0.3, 0.4) is 0 Å². The van der Waals surface area contributed by atoms with Crippen molar-refractivity contribution in [3.63, 3.8) is 0 Å². The molecule has 0 fully saturated rings. The van der Waals surface area contributed by atoms with Crippen LogP contribution in [0.5, 0.6) is 0 Å². The Morgan fingerprint density at radius 1 is 1.24 bits per heavy atom. The molecule has 1 N–H and O–H groups in total. The van der Waals surface area contributed by atoms with Crippen molar-refractivity contribution in [3.05, 3.63) is 44.9 Å². The lowest BCUT2D eigenvalue weighted by molar-refractivity contribution is 0.210. The summed E-state index contributed by atoms with van der Waals surface area (Å²) in [5.41, 5.74) is 2.00. The van der Waals surface area contributed by atoms with Crippen molar-refractivity contribution in [3.8, 4) is 0 Å². The number of allylic oxidation sites excluding steroid dienone is 1. The van der Waals surface area contributed by atoms with Gasteiger partial charge in [0, 0.05) is 15.1 Å². The van der Waals surface area contributed by atoms with Crippen molar-refractivity contribution in [1.29, 1.82) is 0 Å². The Balaban J connectivity index is 2.26. The van der Waals surface area contributed by atoms with Crippen LogP contribution in [0.2, 0.25) is 5.02 Å². The molecule has 0 aromatic heterocycles. The molecule has 1 aromatic rings. The predicted molar refractivity (Wildman–Crippen MR) is 75.3 cm³/mol. The van der Waals surface area contributed by atoms with Crippen LogP contribution in [0.15, 0.2) is 34.3 Å². The maximum Gasteiger partial charge on any atom is 0.101 e. The summed E-state index contributed by atoms with van der Waals surface area (Å²) in [7, 11) is 0. The minimum atomic E-state index is -0.527. The van der Waals surface area contributed by atoms with Crippen LogP contribution in [0, 0.1) is 0 Å². The van der Waals surface area contributed by atoms with Crippen LogP contribution >= 0.6 is 27.5 Å². The summed E-state index contributed by atoms with van der Waals surface area (Å²) in [5, 5.41) is 11.1. The number of hydrogen-bond donors (Lipinski definition) is 1. The van der Waals surface area contributed by atoms with E-state index in [9.17, 15) is 5.11 Å². The minimum absolute atomic E-state index is 0.527. The summed E-state index contributed by atoms with van der Waals surface area (Å²) in [6, 6.07) is 5.55. The molecule has 1 atom stereocenters. The first-order valence-electron chi connectivity index (χ1n) is 6.00. The third-order valence-corrected chi connectivity index (χ3v) is 4.14. The Hall–Kier alpha value is -0.310. The van der Waals surface area contributed by atoms with Gasteiger partial charge in [0.15, 0.2) is 0 Å². The van der Waals surface area contributed by atoms with Crippen LogP contribution in [0.1, 0.15) is 43.8 Å². The molecule has 0 heterocycles. The molecule has 1 unspecified atom stereocenters. The SMILES string of the molecule is OC(C1=CCCCCC1)c1cc(Cl)ccc1Br. The highest BCUT2D eigenvalue weighted by atomic mass is 79.9. The molecular formula is C14H16BrClO. The zero-order valence-corrected chi connectivity index (χ0v) is 12.0. The van der Waals surface area contributed by atoms with Gasteiger partial charge in [-0.05, 0) is 49.5 Å². The second-order valence-electron chi connectivity index (χ2n) is 4.45. The second-order valence-corrected chi connectivity index (χ2v) is 5.74. The summed E-state index contributed by atoms with van der Waals surface area (Å²) < 4.78 is 0.916. The van der Waals surface area contributed by atoms with Crippen LogP contribution in [0.25, 0.3) is 0 Å². The van der Waals surface area contributed by atoms with E-state index in [0.717, 1.165) is 28.5 Å². The molecule has 1 nitrogen and oxygen atoms in total. The first-order chi connectivity index (χ1) is 8.18. The van der Waals surface area contributed by atoms with Gasteiger partial charge < -0.3 is 5.11 Å². The summed E-state index contributed by atoms with van der Waals surface area (Å²) >= 11 is 9.45. The quantitative estimate of drug-likeness (QED) is 0.759. The molecule has 0 saturated carbocycles. The summed E-state index contributed by atoms with van der Waals surface area (Å²) in [6.07, 6.45) is 7.37. The zero-order chi connectivity index (χ0) is 12.3. The number of benzene rings is 1. The predicted octanol–water partition coefficient (Wildman–Crippen LogP) is 5.03. The third-order valence-electron chi connectivity index (χ3n) is 3.18.